The minimum Gasteiger partial charge on any atom is -0.352 e. The van der Waals surface area contributed by atoms with Crippen molar-refractivity contribution in [3.05, 3.63) is 33.7 Å². The molecule has 1 aromatic heterocycles. The summed E-state index contributed by atoms with van der Waals surface area (Å²) in [5.41, 5.74) is -0.221. The normalized spacial score (nSPS) is 22.5. The molecule has 0 spiro atoms. The van der Waals surface area contributed by atoms with Crippen molar-refractivity contribution in [2.75, 3.05) is 33.7 Å². The zero-order valence-electron chi connectivity index (χ0n) is 19.6. The van der Waals surface area contributed by atoms with Crippen molar-refractivity contribution in [3.63, 3.8) is 0 Å². The fourth-order valence-corrected chi connectivity index (χ4v) is 5.31. The highest BCUT2D eigenvalue weighted by Gasteiger charge is 2.28. The van der Waals surface area contributed by atoms with E-state index in [2.05, 4.69) is 17.3 Å². The third-order valence-corrected chi connectivity index (χ3v) is 7.26. The van der Waals surface area contributed by atoms with Gasteiger partial charge in [-0.2, -0.15) is 0 Å². The first-order chi connectivity index (χ1) is 15.4. The molecule has 0 aromatic carbocycles. The fourth-order valence-electron chi connectivity index (χ4n) is 5.31. The maximum atomic E-state index is 13.3. The number of carbonyl (C=O) groups excluding carboxylic acids is 2. The topological polar surface area (TPSA) is 74.7 Å². The Bertz CT molecular complexity index is 886. The number of amides is 2. The summed E-state index contributed by atoms with van der Waals surface area (Å²) in [5.74, 6) is 0.320. The molecule has 4 rings (SSSR count). The SMILES string of the molecule is CN1CCCC(CN(C)C(=O)c2cn(CC3CCCCC3)cc(C(=O)NC3CC3)c2=O)C1. The number of pyridine rings is 1. The van der Waals surface area contributed by atoms with Gasteiger partial charge in [-0.3, -0.25) is 14.4 Å². The van der Waals surface area contributed by atoms with Gasteiger partial charge < -0.3 is 19.7 Å². The smallest absolute Gasteiger partial charge is 0.259 e. The molecule has 3 fully saturated rings. The van der Waals surface area contributed by atoms with Crippen molar-refractivity contribution in [1.29, 1.82) is 0 Å². The van der Waals surface area contributed by atoms with Crippen molar-refractivity contribution < 1.29 is 9.59 Å². The molecule has 176 valence electrons. The van der Waals surface area contributed by atoms with Gasteiger partial charge in [0.2, 0.25) is 5.43 Å². The lowest BCUT2D eigenvalue weighted by atomic mass is 9.89. The number of carbonyl (C=O) groups is 2. The van der Waals surface area contributed by atoms with Crippen molar-refractivity contribution in [1.82, 2.24) is 19.7 Å². The van der Waals surface area contributed by atoms with E-state index in [0.29, 0.717) is 18.4 Å². The molecule has 1 unspecified atom stereocenters. The summed E-state index contributed by atoms with van der Waals surface area (Å²) in [7, 11) is 3.89. The molecule has 1 aromatic rings. The van der Waals surface area contributed by atoms with Crippen LogP contribution in [0.15, 0.2) is 17.2 Å². The van der Waals surface area contributed by atoms with Gasteiger partial charge in [0.15, 0.2) is 0 Å². The van der Waals surface area contributed by atoms with Gasteiger partial charge in [0.1, 0.15) is 11.1 Å². The molecule has 0 bridgehead atoms. The predicted molar refractivity (Wildman–Crippen MR) is 125 cm³/mol. The van der Waals surface area contributed by atoms with Crippen molar-refractivity contribution >= 4 is 11.8 Å². The lowest BCUT2D eigenvalue weighted by Crippen LogP contribution is -2.42. The van der Waals surface area contributed by atoms with Crippen LogP contribution in [0.2, 0.25) is 0 Å². The minimum absolute atomic E-state index is 0.101. The zero-order valence-corrected chi connectivity index (χ0v) is 19.6. The van der Waals surface area contributed by atoms with Crippen LogP contribution in [-0.4, -0.2) is 66.0 Å². The number of hydrogen-bond acceptors (Lipinski definition) is 4. The number of nitrogens with one attached hydrogen (secondary N) is 1. The van der Waals surface area contributed by atoms with Gasteiger partial charge >= 0.3 is 0 Å². The second-order valence-corrected chi connectivity index (χ2v) is 10.3. The summed E-state index contributed by atoms with van der Waals surface area (Å²) in [6, 6.07) is 0.166. The highest BCUT2D eigenvalue weighted by atomic mass is 16.2. The molecule has 2 heterocycles. The Morgan fingerprint density at radius 2 is 1.69 bits per heavy atom. The Labute approximate surface area is 191 Å². The van der Waals surface area contributed by atoms with E-state index in [-0.39, 0.29) is 29.0 Å². The van der Waals surface area contributed by atoms with E-state index in [1.54, 1.807) is 24.3 Å². The van der Waals surface area contributed by atoms with Crippen molar-refractivity contribution in [2.45, 2.75) is 70.4 Å². The van der Waals surface area contributed by atoms with Gasteiger partial charge in [0.25, 0.3) is 11.8 Å². The number of nitrogens with zero attached hydrogens (tertiary/aromatic N) is 3. The fraction of sp³-hybridized carbons (Fsp3) is 0.720. The largest absolute Gasteiger partial charge is 0.352 e. The summed E-state index contributed by atoms with van der Waals surface area (Å²) in [4.78, 5) is 43.3. The van der Waals surface area contributed by atoms with Crippen molar-refractivity contribution in [3.8, 4) is 0 Å². The third-order valence-electron chi connectivity index (χ3n) is 7.26. The second kappa shape index (κ2) is 10.2. The first kappa shape index (κ1) is 23.0. The first-order valence-corrected chi connectivity index (χ1v) is 12.4. The van der Waals surface area contributed by atoms with E-state index in [0.717, 1.165) is 58.2 Å². The van der Waals surface area contributed by atoms with Crippen LogP contribution in [0.1, 0.15) is 78.5 Å². The van der Waals surface area contributed by atoms with Crippen LogP contribution in [0.5, 0.6) is 0 Å². The molecule has 1 aliphatic heterocycles. The Hall–Kier alpha value is -2.15. The third kappa shape index (κ3) is 5.80. The zero-order chi connectivity index (χ0) is 22.7. The number of hydrogen-bond donors (Lipinski definition) is 1. The van der Waals surface area contributed by atoms with E-state index >= 15 is 0 Å². The number of likely N-dealkylation sites (tertiary alicyclic amines) is 1. The van der Waals surface area contributed by atoms with Crippen LogP contribution in [0.3, 0.4) is 0 Å². The van der Waals surface area contributed by atoms with Gasteiger partial charge in [-0.15, -0.1) is 0 Å². The maximum absolute atomic E-state index is 13.3. The van der Waals surface area contributed by atoms with E-state index < -0.39 is 5.43 Å². The van der Waals surface area contributed by atoms with Gasteiger partial charge in [-0.25, -0.2) is 0 Å². The van der Waals surface area contributed by atoms with Gasteiger partial charge in [0, 0.05) is 45.1 Å². The maximum Gasteiger partial charge on any atom is 0.259 e. The van der Waals surface area contributed by atoms with Crippen LogP contribution < -0.4 is 10.7 Å². The Morgan fingerprint density at radius 3 is 2.38 bits per heavy atom. The molecule has 7 nitrogen and oxygen atoms in total. The molecule has 1 atom stereocenters. The highest BCUT2D eigenvalue weighted by Crippen LogP contribution is 2.25. The minimum atomic E-state index is -0.444. The summed E-state index contributed by atoms with van der Waals surface area (Å²) in [6.07, 6.45) is 13.6. The molecular formula is C25H38N4O3. The Morgan fingerprint density at radius 1 is 1.00 bits per heavy atom. The predicted octanol–water partition coefficient (Wildman–Crippen LogP) is 2.73. The number of aromatic nitrogens is 1. The molecule has 32 heavy (non-hydrogen) atoms. The summed E-state index contributed by atoms with van der Waals surface area (Å²) < 4.78 is 1.93. The summed E-state index contributed by atoms with van der Waals surface area (Å²) in [5, 5.41) is 2.93. The van der Waals surface area contributed by atoms with Gasteiger partial charge in [-0.05, 0) is 64.0 Å². The van der Waals surface area contributed by atoms with Crippen LogP contribution in [-0.2, 0) is 6.54 Å². The molecule has 3 aliphatic rings. The summed E-state index contributed by atoms with van der Waals surface area (Å²) >= 11 is 0. The quantitative estimate of drug-likeness (QED) is 0.705. The standard InChI is InChI=1S/C25H38N4O3/c1-27-12-6-9-19(13-27)14-28(2)25(32)22-17-29(15-18-7-4-3-5-8-18)16-21(23(22)30)24(31)26-20-10-11-20/h16-20H,3-15H2,1-2H3,(H,26,31). The van der Waals surface area contributed by atoms with E-state index in [1.165, 1.54) is 19.3 Å². The second-order valence-electron chi connectivity index (χ2n) is 10.3. The van der Waals surface area contributed by atoms with Gasteiger partial charge in [0.05, 0.1) is 0 Å². The summed E-state index contributed by atoms with van der Waals surface area (Å²) in [6.45, 7) is 3.44. The highest BCUT2D eigenvalue weighted by molar-refractivity contribution is 5.99. The average Bonchev–Trinajstić information content (AvgIpc) is 3.59. The monoisotopic (exact) mass is 442 g/mol. The van der Waals surface area contributed by atoms with Crippen LogP contribution >= 0.6 is 0 Å². The van der Waals surface area contributed by atoms with Crippen molar-refractivity contribution in [2.24, 2.45) is 11.8 Å². The van der Waals surface area contributed by atoms with E-state index in [4.69, 9.17) is 0 Å². The molecule has 2 saturated carbocycles. The first-order valence-electron chi connectivity index (χ1n) is 12.4. The molecule has 2 amide bonds. The van der Waals surface area contributed by atoms with Crippen LogP contribution in [0.4, 0.5) is 0 Å². The van der Waals surface area contributed by atoms with Crippen LogP contribution in [0.25, 0.3) is 0 Å². The van der Waals surface area contributed by atoms with E-state index in [1.807, 2.05) is 4.57 Å². The molecule has 7 heteroatoms. The molecule has 1 N–H and O–H groups in total. The Kier molecular flexibility index (Phi) is 7.33. The molecule has 0 radical (unpaired) electrons. The molecular weight excluding hydrogens is 404 g/mol. The van der Waals surface area contributed by atoms with Gasteiger partial charge in [-0.1, -0.05) is 19.3 Å². The Balaban J connectivity index is 1.56. The lowest BCUT2D eigenvalue weighted by molar-refractivity contribution is 0.0738. The molecule has 1 saturated heterocycles. The van der Waals surface area contributed by atoms with Crippen LogP contribution in [0, 0.1) is 11.8 Å². The van der Waals surface area contributed by atoms with E-state index in [9.17, 15) is 14.4 Å². The number of piperidine rings is 1. The lowest BCUT2D eigenvalue weighted by Gasteiger charge is -2.32. The average molecular weight is 443 g/mol. The molecule has 2 aliphatic carbocycles. The number of rotatable bonds is 7.